The van der Waals surface area contributed by atoms with Gasteiger partial charge >= 0.3 is 0 Å². The third kappa shape index (κ3) is 3.17. The Hall–Kier alpha value is -1.38. The van der Waals surface area contributed by atoms with Gasteiger partial charge in [0.05, 0.1) is 17.2 Å². The first kappa shape index (κ1) is 12.6. The van der Waals surface area contributed by atoms with Crippen LogP contribution in [0.4, 0.5) is 0 Å². The van der Waals surface area contributed by atoms with Gasteiger partial charge < -0.3 is 4.98 Å². The minimum Gasteiger partial charge on any atom is -0.356 e. The molecule has 14 heavy (non-hydrogen) atoms. The second-order valence-corrected chi connectivity index (χ2v) is 2.27. The van der Waals surface area contributed by atoms with Gasteiger partial charge in [-0.15, -0.1) is 0 Å². The normalized spacial score (nSPS) is 8.36. The van der Waals surface area contributed by atoms with E-state index in [1.165, 1.54) is 0 Å². The van der Waals surface area contributed by atoms with Gasteiger partial charge in [0.2, 0.25) is 0 Å². The van der Waals surface area contributed by atoms with Crippen molar-refractivity contribution in [3.8, 4) is 0 Å². The van der Waals surface area contributed by atoms with E-state index in [-0.39, 0.29) is 0 Å². The van der Waals surface area contributed by atoms with Crippen molar-refractivity contribution in [2.75, 3.05) is 0 Å². The van der Waals surface area contributed by atoms with Crippen molar-refractivity contribution in [1.82, 2.24) is 15.0 Å². The summed E-state index contributed by atoms with van der Waals surface area (Å²) in [4.78, 5) is 11.1. The zero-order valence-corrected chi connectivity index (χ0v) is 9.63. The van der Waals surface area contributed by atoms with Gasteiger partial charge in [-0.2, -0.15) is 0 Å². The summed E-state index contributed by atoms with van der Waals surface area (Å²) in [5, 5.41) is 0. The Labute approximate surface area is 85.6 Å². The lowest BCUT2D eigenvalue weighted by molar-refractivity contribution is 1.21. The van der Waals surface area contributed by atoms with Crippen LogP contribution in [0.15, 0.2) is 18.6 Å². The third-order valence-electron chi connectivity index (χ3n) is 1.43. The molecule has 0 saturated heterocycles. The van der Waals surface area contributed by atoms with Gasteiger partial charge in [-0.05, 0) is 13.0 Å². The maximum absolute atomic E-state index is 4.06. The van der Waals surface area contributed by atoms with Crippen LogP contribution in [0, 0.1) is 6.92 Å². The molecule has 2 aromatic heterocycles. The molecule has 0 aliphatic heterocycles. The van der Waals surface area contributed by atoms with Gasteiger partial charge in [0.1, 0.15) is 6.33 Å². The van der Waals surface area contributed by atoms with Crippen LogP contribution >= 0.6 is 0 Å². The summed E-state index contributed by atoms with van der Waals surface area (Å²) in [6, 6.07) is 2.00. The van der Waals surface area contributed by atoms with E-state index in [4.69, 9.17) is 0 Å². The smallest absolute Gasteiger partial charge is 0.116 e. The number of nitrogens with one attached hydrogen (secondary N) is 1. The first-order valence-corrected chi connectivity index (χ1v) is 5.11. The lowest BCUT2D eigenvalue weighted by Crippen LogP contribution is -1.74. The number of hydrogen-bond acceptors (Lipinski definition) is 2. The van der Waals surface area contributed by atoms with E-state index in [0.29, 0.717) is 0 Å². The number of aromatic amines is 1. The van der Waals surface area contributed by atoms with Crippen molar-refractivity contribution >= 4 is 11.0 Å². The second kappa shape index (κ2) is 7.06. The van der Waals surface area contributed by atoms with Gasteiger partial charge in [0, 0.05) is 5.69 Å². The van der Waals surface area contributed by atoms with E-state index >= 15 is 0 Å². The topological polar surface area (TPSA) is 41.6 Å². The summed E-state index contributed by atoms with van der Waals surface area (Å²) >= 11 is 0. The first-order chi connectivity index (χ1) is 6.86. The molecule has 3 nitrogen and oxygen atoms in total. The Morgan fingerprint density at radius 3 is 2.36 bits per heavy atom. The number of nitrogens with zero attached hydrogens (tertiary/aromatic N) is 2. The number of aromatic nitrogens is 3. The fourth-order valence-corrected chi connectivity index (χ4v) is 1.00. The predicted molar refractivity (Wildman–Crippen MR) is 61.3 cm³/mol. The Morgan fingerprint density at radius 1 is 1.14 bits per heavy atom. The van der Waals surface area contributed by atoms with Crippen molar-refractivity contribution in [1.29, 1.82) is 0 Å². The van der Waals surface area contributed by atoms with Gasteiger partial charge in [0.15, 0.2) is 0 Å². The van der Waals surface area contributed by atoms with Crippen molar-refractivity contribution in [3.05, 3.63) is 24.3 Å². The van der Waals surface area contributed by atoms with E-state index < -0.39 is 0 Å². The molecule has 78 valence electrons. The Balaban J connectivity index is 0.000000379. The molecule has 0 atom stereocenters. The van der Waals surface area contributed by atoms with Gasteiger partial charge in [-0.25, -0.2) is 9.97 Å². The van der Waals surface area contributed by atoms with Crippen molar-refractivity contribution in [2.24, 2.45) is 0 Å². The summed E-state index contributed by atoms with van der Waals surface area (Å²) in [6.07, 6.45) is 3.32. The predicted octanol–water partition coefficient (Wildman–Crippen LogP) is 3.32. The quantitative estimate of drug-likeness (QED) is 0.697. The highest BCUT2D eigenvalue weighted by Gasteiger charge is 1.94. The molecule has 0 aliphatic rings. The van der Waals surface area contributed by atoms with Crippen molar-refractivity contribution in [2.45, 2.75) is 34.6 Å². The van der Waals surface area contributed by atoms with Crippen LogP contribution in [0.1, 0.15) is 33.4 Å². The van der Waals surface area contributed by atoms with Crippen LogP contribution in [0.25, 0.3) is 11.0 Å². The fourth-order valence-electron chi connectivity index (χ4n) is 1.00. The van der Waals surface area contributed by atoms with E-state index in [9.17, 15) is 0 Å². The van der Waals surface area contributed by atoms with Gasteiger partial charge in [0.25, 0.3) is 0 Å². The second-order valence-electron chi connectivity index (χ2n) is 2.27. The third-order valence-corrected chi connectivity index (χ3v) is 1.43. The summed E-state index contributed by atoms with van der Waals surface area (Å²) in [5.41, 5.74) is 3.10. The molecular weight excluding hydrogens is 174 g/mol. The van der Waals surface area contributed by atoms with E-state index in [0.717, 1.165) is 16.7 Å². The highest BCUT2D eigenvalue weighted by Crippen LogP contribution is 2.08. The minimum atomic E-state index is 0.979. The number of aryl methyl sites for hydroxylation is 1. The molecular formula is C11H19N3. The number of H-pyrrole nitrogens is 1. The average Bonchev–Trinajstić information content (AvgIpc) is 2.64. The molecule has 2 heterocycles. The Bertz CT molecular complexity index is 319. The Kier molecular flexibility index (Phi) is 6.37. The molecule has 1 N–H and O–H groups in total. The molecule has 0 amide bonds. The summed E-state index contributed by atoms with van der Waals surface area (Å²) in [5.74, 6) is 0. The Morgan fingerprint density at radius 2 is 1.79 bits per heavy atom. The van der Waals surface area contributed by atoms with Crippen LogP contribution < -0.4 is 0 Å². The molecule has 3 heteroatoms. The summed E-state index contributed by atoms with van der Waals surface area (Å²) < 4.78 is 0. The number of fused-ring (bicyclic) bond motifs is 1. The molecule has 0 radical (unpaired) electrons. The number of hydrogen-bond donors (Lipinski definition) is 1. The largest absolute Gasteiger partial charge is 0.356 e. The van der Waals surface area contributed by atoms with Gasteiger partial charge in [-0.1, -0.05) is 27.7 Å². The molecule has 0 aromatic carbocycles. The van der Waals surface area contributed by atoms with Crippen LogP contribution in [-0.2, 0) is 0 Å². The van der Waals surface area contributed by atoms with Gasteiger partial charge in [-0.3, -0.25) is 0 Å². The van der Waals surface area contributed by atoms with Crippen molar-refractivity contribution in [3.63, 3.8) is 0 Å². The zero-order valence-electron chi connectivity index (χ0n) is 9.63. The van der Waals surface area contributed by atoms with Crippen LogP contribution in [0.3, 0.4) is 0 Å². The monoisotopic (exact) mass is 193 g/mol. The summed E-state index contributed by atoms with van der Waals surface area (Å²) in [7, 11) is 0. The van der Waals surface area contributed by atoms with Crippen LogP contribution in [0.5, 0.6) is 0 Å². The SMILES string of the molecule is CC.CC.Cc1cc2ncncc2[nH]1. The molecule has 0 unspecified atom stereocenters. The molecule has 0 aliphatic carbocycles. The zero-order chi connectivity index (χ0) is 11.0. The fraction of sp³-hybridized carbons (Fsp3) is 0.455. The maximum atomic E-state index is 4.06. The lowest BCUT2D eigenvalue weighted by Gasteiger charge is -1.82. The first-order valence-electron chi connectivity index (χ1n) is 5.11. The standard InChI is InChI=1S/C7H7N3.2C2H6/c1-5-2-6-7(10-5)3-8-4-9-6;2*1-2/h2-4,10H,1H3;2*1-2H3. The van der Waals surface area contributed by atoms with Crippen LogP contribution in [0.2, 0.25) is 0 Å². The molecule has 2 rings (SSSR count). The minimum absolute atomic E-state index is 0.979. The lowest BCUT2D eigenvalue weighted by atomic mass is 10.4. The van der Waals surface area contributed by atoms with Crippen LogP contribution in [-0.4, -0.2) is 15.0 Å². The van der Waals surface area contributed by atoms with E-state index in [1.807, 2.05) is 40.7 Å². The molecule has 0 spiro atoms. The molecule has 0 fully saturated rings. The average molecular weight is 193 g/mol. The number of rotatable bonds is 0. The highest BCUT2D eigenvalue weighted by atomic mass is 14.9. The van der Waals surface area contributed by atoms with E-state index in [1.54, 1.807) is 12.5 Å². The maximum Gasteiger partial charge on any atom is 0.116 e. The summed E-state index contributed by atoms with van der Waals surface area (Å²) in [6.45, 7) is 10.0. The molecule has 0 bridgehead atoms. The highest BCUT2D eigenvalue weighted by molar-refractivity contribution is 5.74. The van der Waals surface area contributed by atoms with E-state index in [2.05, 4.69) is 15.0 Å². The molecule has 0 saturated carbocycles. The van der Waals surface area contributed by atoms with Crippen molar-refractivity contribution < 1.29 is 0 Å². The molecule has 2 aromatic rings.